The molecule has 1 aliphatic heterocycles. The maximum atomic E-state index is 12.7. The fourth-order valence-electron chi connectivity index (χ4n) is 3.30. The van der Waals surface area contributed by atoms with Gasteiger partial charge in [-0.1, -0.05) is 24.3 Å². The SMILES string of the molecule is CC1CN(C(=O)C2Cc3ccccc3C2)CC(CCl)O1. The Balaban J connectivity index is 1.68. The van der Waals surface area contributed by atoms with Crippen LogP contribution in [0.4, 0.5) is 0 Å². The van der Waals surface area contributed by atoms with Crippen LogP contribution in [-0.2, 0) is 22.4 Å². The molecule has 20 heavy (non-hydrogen) atoms. The van der Waals surface area contributed by atoms with E-state index in [1.54, 1.807) is 0 Å². The van der Waals surface area contributed by atoms with Crippen LogP contribution in [0.25, 0.3) is 0 Å². The molecule has 0 bridgehead atoms. The quantitative estimate of drug-likeness (QED) is 0.783. The van der Waals surface area contributed by atoms with Crippen molar-refractivity contribution in [2.24, 2.45) is 5.92 Å². The average Bonchev–Trinajstić information content (AvgIpc) is 2.89. The Kier molecular flexibility index (Phi) is 3.99. The van der Waals surface area contributed by atoms with Crippen molar-refractivity contribution in [3.8, 4) is 0 Å². The number of alkyl halides is 1. The van der Waals surface area contributed by atoms with Crippen LogP contribution >= 0.6 is 11.6 Å². The molecule has 0 saturated carbocycles. The Morgan fingerprint density at radius 2 is 1.95 bits per heavy atom. The van der Waals surface area contributed by atoms with E-state index in [2.05, 4.69) is 12.1 Å². The van der Waals surface area contributed by atoms with E-state index < -0.39 is 0 Å². The molecule has 1 aromatic rings. The number of carbonyl (C=O) groups excluding carboxylic acids is 1. The number of rotatable bonds is 2. The number of hydrogen-bond donors (Lipinski definition) is 0. The summed E-state index contributed by atoms with van der Waals surface area (Å²) in [6, 6.07) is 8.36. The van der Waals surface area contributed by atoms with Gasteiger partial charge in [0.1, 0.15) is 0 Å². The van der Waals surface area contributed by atoms with Crippen molar-refractivity contribution < 1.29 is 9.53 Å². The Bertz CT molecular complexity index is 480. The molecular weight excluding hydrogens is 274 g/mol. The van der Waals surface area contributed by atoms with Crippen LogP contribution in [0.5, 0.6) is 0 Å². The van der Waals surface area contributed by atoms with E-state index in [-0.39, 0.29) is 24.0 Å². The first-order valence-corrected chi connectivity index (χ1v) is 7.78. The van der Waals surface area contributed by atoms with Crippen LogP contribution < -0.4 is 0 Å². The molecule has 1 aromatic carbocycles. The van der Waals surface area contributed by atoms with Crippen LogP contribution in [0.15, 0.2) is 24.3 Å². The van der Waals surface area contributed by atoms with Gasteiger partial charge >= 0.3 is 0 Å². The first-order valence-electron chi connectivity index (χ1n) is 7.24. The maximum absolute atomic E-state index is 12.7. The molecule has 4 heteroatoms. The number of fused-ring (bicyclic) bond motifs is 1. The van der Waals surface area contributed by atoms with Gasteiger partial charge in [0.15, 0.2) is 0 Å². The summed E-state index contributed by atoms with van der Waals surface area (Å²) in [6.45, 7) is 3.31. The van der Waals surface area contributed by atoms with Crippen LogP contribution in [0.2, 0.25) is 0 Å². The highest BCUT2D eigenvalue weighted by atomic mass is 35.5. The van der Waals surface area contributed by atoms with E-state index in [1.165, 1.54) is 11.1 Å². The van der Waals surface area contributed by atoms with Crippen LogP contribution in [0, 0.1) is 5.92 Å². The van der Waals surface area contributed by atoms with Crippen LogP contribution in [-0.4, -0.2) is 42.0 Å². The summed E-state index contributed by atoms with van der Waals surface area (Å²) < 4.78 is 5.71. The van der Waals surface area contributed by atoms with Crippen molar-refractivity contribution >= 4 is 17.5 Å². The molecule has 2 aliphatic rings. The number of amides is 1. The highest BCUT2D eigenvalue weighted by Crippen LogP contribution is 2.28. The minimum absolute atomic E-state index is 0.0341. The topological polar surface area (TPSA) is 29.5 Å². The van der Waals surface area contributed by atoms with E-state index in [9.17, 15) is 4.79 Å². The highest BCUT2D eigenvalue weighted by molar-refractivity contribution is 6.18. The van der Waals surface area contributed by atoms with Gasteiger partial charge in [0.25, 0.3) is 0 Å². The molecule has 108 valence electrons. The van der Waals surface area contributed by atoms with E-state index >= 15 is 0 Å². The largest absolute Gasteiger partial charge is 0.370 e. The minimum atomic E-state index is -0.0341. The monoisotopic (exact) mass is 293 g/mol. The number of benzene rings is 1. The van der Waals surface area contributed by atoms with E-state index in [4.69, 9.17) is 16.3 Å². The van der Waals surface area contributed by atoms with E-state index in [0.29, 0.717) is 19.0 Å². The van der Waals surface area contributed by atoms with Crippen molar-refractivity contribution in [1.29, 1.82) is 0 Å². The first-order chi connectivity index (χ1) is 9.67. The molecule has 2 unspecified atom stereocenters. The van der Waals surface area contributed by atoms with Crippen LogP contribution in [0.1, 0.15) is 18.1 Å². The zero-order valence-electron chi connectivity index (χ0n) is 11.7. The minimum Gasteiger partial charge on any atom is -0.370 e. The zero-order valence-corrected chi connectivity index (χ0v) is 12.5. The lowest BCUT2D eigenvalue weighted by atomic mass is 10.0. The summed E-state index contributed by atoms with van der Waals surface area (Å²) in [5.41, 5.74) is 2.64. The van der Waals surface area contributed by atoms with Gasteiger partial charge in [0, 0.05) is 19.0 Å². The highest BCUT2D eigenvalue weighted by Gasteiger charge is 2.34. The summed E-state index contributed by atoms with van der Waals surface area (Å²) >= 11 is 5.89. The van der Waals surface area contributed by atoms with Gasteiger partial charge in [-0.05, 0) is 30.9 Å². The molecule has 1 aliphatic carbocycles. The second-order valence-corrected chi connectivity index (χ2v) is 6.15. The molecule has 0 aromatic heterocycles. The second-order valence-electron chi connectivity index (χ2n) is 5.84. The lowest BCUT2D eigenvalue weighted by Crippen LogP contribution is -2.51. The van der Waals surface area contributed by atoms with Gasteiger partial charge in [-0.2, -0.15) is 0 Å². The van der Waals surface area contributed by atoms with Crippen molar-refractivity contribution in [2.45, 2.75) is 32.0 Å². The normalized spacial score (nSPS) is 26.6. The predicted octanol–water partition coefficient (Wildman–Crippen LogP) is 2.26. The number of halogens is 1. The molecule has 2 atom stereocenters. The smallest absolute Gasteiger partial charge is 0.226 e. The maximum Gasteiger partial charge on any atom is 0.226 e. The molecular formula is C16H20ClNO2. The second kappa shape index (κ2) is 5.74. The van der Waals surface area contributed by atoms with Gasteiger partial charge in [-0.25, -0.2) is 0 Å². The number of carbonyl (C=O) groups is 1. The Labute approximate surface area is 124 Å². The number of hydrogen-bond acceptors (Lipinski definition) is 2. The summed E-state index contributed by atoms with van der Waals surface area (Å²) in [6.07, 6.45) is 1.77. The van der Waals surface area contributed by atoms with Crippen LogP contribution in [0.3, 0.4) is 0 Å². The van der Waals surface area contributed by atoms with Crippen molar-refractivity contribution in [2.75, 3.05) is 19.0 Å². The molecule has 0 N–H and O–H groups in total. The number of ether oxygens (including phenoxy) is 1. The summed E-state index contributed by atoms with van der Waals surface area (Å²) in [7, 11) is 0. The number of nitrogens with zero attached hydrogens (tertiary/aromatic N) is 1. The summed E-state index contributed by atoms with van der Waals surface area (Å²) in [5, 5.41) is 0. The van der Waals surface area contributed by atoms with E-state index in [0.717, 1.165) is 12.8 Å². The third kappa shape index (κ3) is 2.70. The molecule has 1 heterocycles. The third-order valence-corrected chi connectivity index (χ3v) is 4.55. The molecule has 1 saturated heterocycles. The fraction of sp³-hybridized carbons (Fsp3) is 0.562. The van der Waals surface area contributed by atoms with Gasteiger partial charge in [0.05, 0.1) is 18.1 Å². The molecule has 1 fully saturated rings. The fourth-order valence-corrected chi connectivity index (χ4v) is 3.47. The van der Waals surface area contributed by atoms with Gasteiger partial charge in [-0.15, -0.1) is 11.6 Å². The lowest BCUT2D eigenvalue weighted by molar-refractivity contribution is -0.146. The molecule has 3 nitrogen and oxygen atoms in total. The molecule has 1 amide bonds. The van der Waals surface area contributed by atoms with Gasteiger partial charge in [-0.3, -0.25) is 4.79 Å². The van der Waals surface area contributed by atoms with Gasteiger partial charge in [0.2, 0.25) is 5.91 Å². The predicted molar refractivity (Wildman–Crippen MR) is 79.0 cm³/mol. The van der Waals surface area contributed by atoms with Gasteiger partial charge < -0.3 is 9.64 Å². The zero-order chi connectivity index (χ0) is 14.1. The summed E-state index contributed by atoms with van der Waals surface area (Å²) in [5.74, 6) is 0.791. The van der Waals surface area contributed by atoms with Crippen molar-refractivity contribution in [3.63, 3.8) is 0 Å². The van der Waals surface area contributed by atoms with E-state index in [1.807, 2.05) is 24.0 Å². The average molecular weight is 294 g/mol. The standard InChI is InChI=1S/C16H20ClNO2/c1-11-9-18(10-15(8-17)20-11)16(19)14-6-12-4-2-3-5-13(12)7-14/h2-5,11,14-15H,6-10H2,1H3. The lowest BCUT2D eigenvalue weighted by Gasteiger charge is -2.37. The summed E-state index contributed by atoms with van der Waals surface area (Å²) in [4.78, 5) is 14.6. The molecule has 0 spiro atoms. The van der Waals surface area contributed by atoms with Crippen molar-refractivity contribution in [1.82, 2.24) is 4.90 Å². The Morgan fingerprint density at radius 3 is 2.55 bits per heavy atom. The number of morpholine rings is 1. The molecule has 0 radical (unpaired) electrons. The van der Waals surface area contributed by atoms with Crippen molar-refractivity contribution in [3.05, 3.63) is 35.4 Å². The third-order valence-electron chi connectivity index (χ3n) is 4.21. The Morgan fingerprint density at radius 1 is 1.30 bits per heavy atom. The Hall–Kier alpha value is -1.06. The molecule has 3 rings (SSSR count). The first kappa shape index (κ1) is 13.9.